The van der Waals surface area contributed by atoms with Crippen LogP contribution < -0.4 is 5.32 Å². The Balaban J connectivity index is 2.16. The highest BCUT2D eigenvalue weighted by Gasteiger charge is 2.32. The zero-order chi connectivity index (χ0) is 18.7. The first-order valence-electron chi connectivity index (χ1n) is 6.93. The van der Waals surface area contributed by atoms with E-state index in [9.17, 15) is 32.3 Å². The topological polar surface area (TPSA) is 86.6 Å². The first kappa shape index (κ1) is 19.5. The number of amides is 1. The molecule has 0 bridgehead atoms. The zero-order valence-corrected chi connectivity index (χ0v) is 14.4. The number of alkyl halides is 3. The summed E-state index contributed by atoms with van der Waals surface area (Å²) in [5.41, 5.74) is -0.265. The van der Waals surface area contributed by atoms with Crippen molar-refractivity contribution in [2.45, 2.75) is 11.9 Å². The lowest BCUT2D eigenvalue weighted by atomic mass is 10.2. The van der Waals surface area contributed by atoms with Gasteiger partial charge in [0.2, 0.25) is 0 Å². The molecule has 2 aromatic rings. The molecule has 0 radical (unpaired) electrons. The minimum Gasteiger partial charge on any atom is -0.318 e. The van der Waals surface area contributed by atoms with E-state index in [0.29, 0.717) is 5.56 Å². The van der Waals surface area contributed by atoms with Gasteiger partial charge >= 0.3 is 13.0 Å². The Morgan fingerprint density at radius 3 is 2.08 bits per heavy atom. The Hall–Kier alpha value is -1.80. The normalized spacial score (nSPS) is 14.0. The number of thiol groups is 1. The van der Waals surface area contributed by atoms with Crippen LogP contribution in [-0.4, -0.2) is 15.0 Å². The van der Waals surface area contributed by atoms with Gasteiger partial charge in [-0.25, -0.2) is 4.57 Å². The monoisotopic (exact) mass is 393 g/mol. The Labute approximate surface area is 144 Å². The number of rotatable bonds is 4. The van der Waals surface area contributed by atoms with E-state index in [0.717, 1.165) is 24.3 Å². The number of carbonyl (C=O) groups excluding carboxylic acids is 1. The van der Waals surface area contributed by atoms with Crippen molar-refractivity contribution in [2.75, 3.05) is 5.32 Å². The van der Waals surface area contributed by atoms with Crippen LogP contribution in [0.4, 0.5) is 23.7 Å². The number of carbonyl (C=O) groups is 1. The summed E-state index contributed by atoms with van der Waals surface area (Å²) in [6, 6.07) is 12.0. The molecule has 1 unspecified atom stereocenters. The van der Waals surface area contributed by atoms with Gasteiger partial charge in [-0.2, -0.15) is 13.2 Å². The van der Waals surface area contributed by atoms with E-state index in [4.69, 9.17) is 0 Å². The highest BCUT2D eigenvalue weighted by Crippen LogP contribution is 2.65. The largest absolute Gasteiger partial charge is 0.416 e. The molecule has 1 atom stereocenters. The smallest absolute Gasteiger partial charge is 0.318 e. The molecule has 3 N–H and O–H groups in total. The third-order valence-corrected chi connectivity index (χ3v) is 7.92. The van der Waals surface area contributed by atoms with Crippen molar-refractivity contribution >= 4 is 28.2 Å². The molecule has 2 rings (SSSR count). The maximum absolute atomic E-state index is 12.5. The number of hydrogen-bond acceptors (Lipinski definition) is 2. The second kappa shape index (κ2) is 7.61. The molecule has 136 valence electrons. The van der Waals surface area contributed by atoms with E-state index in [2.05, 4.69) is 5.32 Å². The molecule has 0 aromatic heterocycles. The average molecular weight is 393 g/mol. The van der Waals surface area contributed by atoms with Gasteiger partial charge in [-0.15, -0.1) is 0 Å². The Bertz CT molecular complexity index is 778. The fourth-order valence-electron chi connectivity index (χ4n) is 1.97. The van der Waals surface area contributed by atoms with Crippen LogP contribution >= 0.6 is 17.3 Å². The van der Waals surface area contributed by atoms with E-state index in [-0.39, 0.29) is 11.4 Å². The van der Waals surface area contributed by atoms with E-state index in [1.807, 2.05) is 0 Å². The molecule has 0 saturated carbocycles. The predicted octanol–water partition coefficient (Wildman–Crippen LogP) is 4.53. The molecule has 0 fully saturated rings. The summed E-state index contributed by atoms with van der Waals surface area (Å²) in [4.78, 5) is 31.2. The predicted molar refractivity (Wildman–Crippen MR) is 91.6 cm³/mol. The molecular weight excluding hydrogens is 378 g/mol. The Morgan fingerprint density at radius 2 is 1.60 bits per heavy atom. The van der Waals surface area contributed by atoms with Crippen molar-refractivity contribution in [3.63, 3.8) is 0 Å². The molecule has 0 saturated heterocycles. The lowest BCUT2D eigenvalue weighted by Gasteiger charge is -2.22. The second-order valence-corrected chi connectivity index (χ2v) is 10.6. The van der Waals surface area contributed by atoms with Crippen LogP contribution in [0, 0.1) is 0 Å². The number of halogens is 3. The van der Waals surface area contributed by atoms with Gasteiger partial charge in [0.15, 0.2) is 0 Å². The van der Waals surface area contributed by atoms with Gasteiger partial charge in [-0.1, -0.05) is 40.8 Å². The van der Waals surface area contributed by atoms with E-state index >= 15 is 0 Å². The lowest BCUT2D eigenvalue weighted by molar-refractivity contribution is -0.137. The summed E-state index contributed by atoms with van der Waals surface area (Å²) in [5.74, 6) is -0.132. The Kier molecular flexibility index (Phi) is 5.95. The maximum Gasteiger partial charge on any atom is 0.416 e. The summed E-state index contributed by atoms with van der Waals surface area (Å²) >= 11 is 0. The van der Waals surface area contributed by atoms with E-state index in [1.165, 1.54) is 0 Å². The second-order valence-electron chi connectivity index (χ2n) is 5.06. The van der Waals surface area contributed by atoms with Crippen molar-refractivity contribution < 1.29 is 32.3 Å². The average Bonchev–Trinajstić information content (AvgIpc) is 2.52. The van der Waals surface area contributed by atoms with Crippen molar-refractivity contribution in [1.29, 1.82) is 0 Å². The number of hydrogen-bond donors (Lipinski definition) is 4. The number of benzene rings is 2. The molecule has 5 nitrogen and oxygen atoms in total. The molecular formula is C15H15F3NO4PS. The van der Waals surface area contributed by atoms with Crippen LogP contribution in [0.1, 0.15) is 11.1 Å². The molecule has 0 heterocycles. The van der Waals surface area contributed by atoms with E-state index < -0.39 is 34.3 Å². The molecule has 25 heavy (non-hydrogen) atoms. The zero-order valence-electron chi connectivity index (χ0n) is 12.6. The van der Waals surface area contributed by atoms with Gasteiger partial charge in [0.25, 0.3) is 5.24 Å². The summed E-state index contributed by atoms with van der Waals surface area (Å²) in [5, 5.41) is 1.38. The van der Waals surface area contributed by atoms with Crippen LogP contribution in [0.25, 0.3) is 0 Å². The van der Waals surface area contributed by atoms with Crippen LogP contribution in [0.3, 0.4) is 0 Å². The highest BCUT2D eigenvalue weighted by atomic mass is 32.8. The maximum atomic E-state index is 12.5. The van der Waals surface area contributed by atoms with Crippen molar-refractivity contribution in [1.82, 2.24) is 0 Å². The van der Waals surface area contributed by atoms with Gasteiger partial charge in [0, 0.05) is 11.4 Å². The third-order valence-electron chi connectivity index (χ3n) is 3.19. The summed E-state index contributed by atoms with van der Waals surface area (Å²) in [7, 11) is -2.40. The standard InChI is InChI=1S/C15H15F3NO4PS/c16-15(17,18)12-6-8-13(9-7-12)19-14(20)25(24(21,22)23)10-11-4-2-1-3-5-11/h1-9,25H,10H2,(H,19,20)(H2,21,22,23). The number of anilines is 1. The molecule has 0 aliphatic carbocycles. The van der Waals surface area contributed by atoms with Crippen LogP contribution in [0.15, 0.2) is 54.6 Å². The van der Waals surface area contributed by atoms with Crippen molar-refractivity contribution in [3.8, 4) is 0 Å². The van der Waals surface area contributed by atoms with Crippen molar-refractivity contribution in [3.05, 3.63) is 65.7 Å². The third kappa shape index (κ3) is 5.61. The highest BCUT2D eigenvalue weighted by molar-refractivity contribution is 8.72. The van der Waals surface area contributed by atoms with Gasteiger partial charge in [0.1, 0.15) is 0 Å². The minimum absolute atomic E-state index is 0.0343. The van der Waals surface area contributed by atoms with Crippen LogP contribution in [0.2, 0.25) is 0 Å². The molecule has 2 aromatic carbocycles. The first-order valence-corrected chi connectivity index (χ1v) is 10.8. The minimum atomic E-state index is -4.70. The number of nitrogens with one attached hydrogen (secondary N) is 1. The van der Waals surface area contributed by atoms with Crippen LogP contribution in [-0.2, 0) is 16.5 Å². The lowest BCUT2D eigenvalue weighted by Crippen LogP contribution is -2.12. The van der Waals surface area contributed by atoms with Gasteiger partial charge in [-0.3, -0.25) is 4.79 Å². The summed E-state index contributed by atoms with van der Waals surface area (Å²) in [6.45, 7) is -4.70. The summed E-state index contributed by atoms with van der Waals surface area (Å²) in [6.07, 6.45) is -4.51. The quantitative estimate of drug-likeness (QED) is 0.454. The van der Waals surface area contributed by atoms with Gasteiger partial charge in [0.05, 0.1) is 5.56 Å². The van der Waals surface area contributed by atoms with Crippen LogP contribution in [0.5, 0.6) is 0 Å². The van der Waals surface area contributed by atoms with Crippen molar-refractivity contribution in [2.24, 2.45) is 0 Å². The molecule has 0 aliphatic heterocycles. The van der Waals surface area contributed by atoms with Gasteiger partial charge < -0.3 is 15.1 Å². The SMILES string of the molecule is O=C(Nc1ccc(C(F)(F)F)cc1)[SH](Cc1ccccc1)P(=O)(O)O. The molecule has 0 aliphatic rings. The van der Waals surface area contributed by atoms with Gasteiger partial charge in [-0.05, 0) is 29.8 Å². The fourth-order valence-corrected chi connectivity index (χ4v) is 5.25. The molecule has 0 spiro atoms. The molecule has 1 amide bonds. The van der Waals surface area contributed by atoms with E-state index in [1.54, 1.807) is 30.3 Å². The first-order chi connectivity index (χ1) is 11.6. The Morgan fingerprint density at radius 1 is 1.04 bits per heavy atom. The molecule has 10 heteroatoms. The summed E-state index contributed by atoms with van der Waals surface area (Å²) < 4.78 is 49.2. The fraction of sp³-hybridized carbons (Fsp3) is 0.133.